The van der Waals surface area contributed by atoms with Gasteiger partial charge in [0.25, 0.3) is 0 Å². The lowest BCUT2D eigenvalue weighted by molar-refractivity contribution is -0.278. The normalized spacial score (nSPS) is 27.7. The third-order valence-corrected chi connectivity index (χ3v) is 4.54. The number of methoxy groups -OCH3 is 1. The average Bonchev–Trinajstić information content (AvgIpc) is 2.67. The molecule has 0 radical (unpaired) electrons. The van der Waals surface area contributed by atoms with Crippen molar-refractivity contribution in [2.75, 3.05) is 13.7 Å². The van der Waals surface area contributed by atoms with Gasteiger partial charge < -0.3 is 49.6 Å². The molecule has 174 valence electrons. The Bertz CT molecular complexity index is 779. The molecule has 0 aliphatic carbocycles. The SMILES string of the molecule is COc1cc(O[C@@H]2O[C@H](COC(=O)C[C@@](C)(O)CC(=O)O)[C@@H](O)[C@H](O)[C@H]2O)ccc1O. The van der Waals surface area contributed by atoms with Crippen molar-refractivity contribution in [3.05, 3.63) is 18.2 Å². The maximum Gasteiger partial charge on any atom is 0.308 e. The van der Waals surface area contributed by atoms with Crippen LogP contribution in [0.4, 0.5) is 0 Å². The van der Waals surface area contributed by atoms with E-state index in [1.165, 1.54) is 25.3 Å². The molecule has 1 saturated heterocycles. The summed E-state index contributed by atoms with van der Waals surface area (Å²) in [5.41, 5.74) is -1.84. The van der Waals surface area contributed by atoms with E-state index in [0.717, 1.165) is 6.92 Å². The smallest absolute Gasteiger partial charge is 0.308 e. The molecular weight excluding hydrogens is 420 g/mol. The fraction of sp³-hybridized carbons (Fsp3) is 0.579. The third kappa shape index (κ3) is 6.67. The maximum atomic E-state index is 11.9. The molecule has 1 fully saturated rings. The molecule has 12 heteroatoms. The Balaban J connectivity index is 2.01. The summed E-state index contributed by atoms with van der Waals surface area (Å²) in [4.78, 5) is 22.6. The lowest BCUT2D eigenvalue weighted by atomic mass is 9.98. The van der Waals surface area contributed by atoms with Crippen molar-refractivity contribution in [2.45, 2.75) is 56.1 Å². The fourth-order valence-electron chi connectivity index (χ4n) is 2.94. The molecule has 0 bridgehead atoms. The van der Waals surface area contributed by atoms with Gasteiger partial charge in [0.15, 0.2) is 11.5 Å². The van der Waals surface area contributed by atoms with Crippen LogP contribution < -0.4 is 9.47 Å². The van der Waals surface area contributed by atoms with E-state index < -0.39 is 67.7 Å². The van der Waals surface area contributed by atoms with Gasteiger partial charge in [-0.15, -0.1) is 0 Å². The molecule has 0 saturated carbocycles. The first-order chi connectivity index (χ1) is 14.4. The molecule has 0 aromatic heterocycles. The van der Waals surface area contributed by atoms with Crippen molar-refractivity contribution < 1.29 is 59.2 Å². The zero-order chi connectivity index (χ0) is 23.3. The summed E-state index contributed by atoms with van der Waals surface area (Å²) in [6.07, 6.45) is -9.05. The molecule has 6 atom stereocenters. The largest absolute Gasteiger partial charge is 0.504 e. The number of aliphatic carboxylic acids is 1. The van der Waals surface area contributed by atoms with Crippen molar-refractivity contribution in [3.63, 3.8) is 0 Å². The number of esters is 1. The van der Waals surface area contributed by atoms with E-state index >= 15 is 0 Å². The lowest BCUT2D eigenvalue weighted by Gasteiger charge is -2.40. The summed E-state index contributed by atoms with van der Waals surface area (Å²) >= 11 is 0. The van der Waals surface area contributed by atoms with Crippen LogP contribution in [-0.4, -0.2) is 92.6 Å². The first kappa shape index (κ1) is 24.6. The van der Waals surface area contributed by atoms with Gasteiger partial charge in [-0.3, -0.25) is 9.59 Å². The Kier molecular flexibility index (Phi) is 8.03. The zero-order valence-corrected chi connectivity index (χ0v) is 16.9. The van der Waals surface area contributed by atoms with Gasteiger partial charge >= 0.3 is 11.9 Å². The van der Waals surface area contributed by atoms with Gasteiger partial charge in [0.1, 0.15) is 36.8 Å². The van der Waals surface area contributed by atoms with Crippen LogP contribution in [0.5, 0.6) is 17.2 Å². The van der Waals surface area contributed by atoms with Crippen LogP contribution in [-0.2, 0) is 19.1 Å². The van der Waals surface area contributed by atoms with Gasteiger partial charge in [-0.05, 0) is 19.1 Å². The number of rotatable bonds is 9. The van der Waals surface area contributed by atoms with E-state index in [1.54, 1.807) is 0 Å². The third-order valence-electron chi connectivity index (χ3n) is 4.54. The highest BCUT2D eigenvalue weighted by molar-refractivity contribution is 5.73. The molecule has 12 nitrogen and oxygen atoms in total. The van der Waals surface area contributed by atoms with E-state index in [-0.39, 0.29) is 17.2 Å². The second kappa shape index (κ2) is 10.1. The van der Waals surface area contributed by atoms with Crippen LogP contribution in [0.1, 0.15) is 19.8 Å². The number of hydrogen-bond donors (Lipinski definition) is 6. The van der Waals surface area contributed by atoms with Gasteiger partial charge in [0.05, 0.1) is 25.6 Å². The fourth-order valence-corrected chi connectivity index (χ4v) is 2.94. The number of carboxylic acid groups (broad SMARTS) is 1. The summed E-state index contributed by atoms with van der Waals surface area (Å²) in [6, 6.07) is 3.93. The minimum absolute atomic E-state index is 0.0854. The predicted molar refractivity (Wildman–Crippen MR) is 100 cm³/mol. The number of carbonyl (C=O) groups excluding carboxylic acids is 1. The first-order valence-electron chi connectivity index (χ1n) is 9.26. The van der Waals surface area contributed by atoms with E-state index in [4.69, 9.17) is 24.1 Å². The molecule has 0 spiro atoms. The number of carbonyl (C=O) groups is 2. The van der Waals surface area contributed by atoms with E-state index in [2.05, 4.69) is 0 Å². The average molecular weight is 446 g/mol. The number of phenols is 1. The van der Waals surface area contributed by atoms with E-state index in [0.29, 0.717) is 0 Å². The van der Waals surface area contributed by atoms with Crippen LogP contribution >= 0.6 is 0 Å². The van der Waals surface area contributed by atoms with Crippen molar-refractivity contribution in [1.29, 1.82) is 0 Å². The summed E-state index contributed by atoms with van der Waals surface area (Å²) in [5, 5.41) is 58.6. The number of aliphatic hydroxyl groups is 4. The molecule has 1 aromatic rings. The highest BCUT2D eigenvalue weighted by atomic mass is 16.7. The summed E-state index contributed by atoms with van der Waals surface area (Å²) in [5.74, 6) is -2.21. The predicted octanol–water partition coefficient (Wildman–Crippen LogP) is -1.25. The lowest BCUT2D eigenvalue weighted by Crippen LogP contribution is -2.60. The Hall–Kier alpha value is -2.64. The molecule has 0 amide bonds. The van der Waals surface area contributed by atoms with Crippen LogP contribution in [0, 0.1) is 0 Å². The number of ether oxygens (including phenoxy) is 4. The second-order valence-corrected chi connectivity index (χ2v) is 7.39. The molecule has 0 unspecified atom stereocenters. The molecule has 1 aromatic carbocycles. The van der Waals surface area contributed by atoms with Crippen LogP contribution in [0.15, 0.2) is 18.2 Å². The minimum atomic E-state index is -1.84. The zero-order valence-electron chi connectivity index (χ0n) is 16.9. The van der Waals surface area contributed by atoms with Crippen molar-refractivity contribution in [1.82, 2.24) is 0 Å². The highest BCUT2D eigenvalue weighted by Gasteiger charge is 2.45. The van der Waals surface area contributed by atoms with Gasteiger partial charge in [0, 0.05) is 6.07 Å². The number of hydrogen-bond acceptors (Lipinski definition) is 11. The van der Waals surface area contributed by atoms with Crippen molar-refractivity contribution in [2.24, 2.45) is 0 Å². The summed E-state index contributed by atoms with van der Waals surface area (Å²) < 4.78 is 20.8. The molecule has 1 aliphatic rings. The monoisotopic (exact) mass is 446 g/mol. The Morgan fingerprint density at radius 2 is 1.81 bits per heavy atom. The van der Waals surface area contributed by atoms with Gasteiger partial charge in [-0.2, -0.15) is 0 Å². The molecule has 1 heterocycles. The number of carboxylic acids is 1. The van der Waals surface area contributed by atoms with E-state index in [1.807, 2.05) is 0 Å². The summed E-state index contributed by atoms with van der Waals surface area (Å²) in [6.45, 7) is 0.593. The maximum absolute atomic E-state index is 11.9. The number of aliphatic hydroxyl groups excluding tert-OH is 3. The van der Waals surface area contributed by atoms with Gasteiger partial charge in [0.2, 0.25) is 6.29 Å². The van der Waals surface area contributed by atoms with Gasteiger partial charge in [-0.1, -0.05) is 0 Å². The van der Waals surface area contributed by atoms with Crippen LogP contribution in [0.3, 0.4) is 0 Å². The van der Waals surface area contributed by atoms with Crippen LogP contribution in [0.2, 0.25) is 0 Å². The second-order valence-electron chi connectivity index (χ2n) is 7.39. The quantitative estimate of drug-likeness (QED) is 0.247. The Morgan fingerprint density at radius 3 is 2.42 bits per heavy atom. The number of phenolic OH excluding ortho intramolecular Hbond substituents is 1. The first-order valence-corrected chi connectivity index (χ1v) is 9.26. The molecule has 6 N–H and O–H groups in total. The number of benzene rings is 1. The Labute approximate surface area is 177 Å². The molecular formula is C19H26O12. The topological polar surface area (TPSA) is 192 Å². The van der Waals surface area contributed by atoms with Crippen molar-refractivity contribution in [3.8, 4) is 17.2 Å². The molecule has 2 rings (SSSR count). The minimum Gasteiger partial charge on any atom is -0.504 e. The van der Waals surface area contributed by atoms with E-state index in [9.17, 15) is 35.1 Å². The Morgan fingerprint density at radius 1 is 1.13 bits per heavy atom. The molecule has 31 heavy (non-hydrogen) atoms. The van der Waals surface area contributed by atoms with Crippen LogP contribution in [0.25, 0.3) is 0 Å². The standard InChI is InChI=1S/C19H26O12/c1-19(27,6-13(21)22)7-14(23)29-8-12-15(24)16(25)17(26)18(31-12)30-9-3-4-10(20)11(5-9)28-2/h3-5,12,15-18,20,24-27H,6-8H2,1-2H3,(H,21,22)/t12-,15-,16+,17-,18-,19+/m1/s1. The van der Waals surface area contributed by atoms with Gasteiger partial charge in [-0.25, -0.2) is 0 Å². The number of aromatic hydroxyl groups is 1. The molecule has 1 aliphatic heterocycles. The van der Waals surface area contributed by atoms with Crippen molar-refractivity contribution >= 4 is 11.9 Å². The summed E-state index contributed by atoms with van der Waals surface area (Å²) in [7, 11) is 1.32. The highest BCUT2D eigenvalue weighted by Crippen LogP contribution is 2.32.